The third-order valence-corrected chi connectivity index (χ3v) is 6.93. The van der Waals surface area contributed by atoms with Crippen LogP contribution < -0.4 is 4.90 Å². The zero-order chi connectivity index (χ0) is 20.8. The summed E-state index contributed by atoms with van der Waals surface area (Å²) in [4.78, 5) is 18.1. The van der Waals surface area contributed by atoms with Gasteiger partial charge in [-0.25, -0.2) is 9.50 Å². The fourth-order valence-electron chi connectivity index (χ4n) is 4.89. The van der Waals surface area contributed by atoms with Crippen LogP contribution in [0.15, 0.2) is 41.1 Å². The van der Waals surface area contributed by atoms with Crippen LogP contribution in [-0.2, 0) is 10.2 Å². The SMILES string of the molecule is O=C1N(CC(F)(F)F)c2cc([C@H]3C[C@@H]3c3cc(Br)nc4ccnn34)ccc2C12CC2. The molecule has 2 aromatic heterocycles. The number of carbonyl (C=O) groups excluding carboxylic acids is 1. The van der Waals surface area contributed by atoms with E-state index in [2.05, 4.69) is 26.0 Å². The van der Waals surface area contributed by atoms with E-state index in [4.69, 9.17) is 0 Å². The highest BCUT2D eigenvalue weighted by Gasteiger charge is 2.60. The number of hydrogen-bond donors (Lipinski definition) is 0. The second kappa shape index (κ2) is 5.84. The summed E-state index contributed by atoms with van der Waals surface area (Å²) >= 11 is 3.44. The van der Waals surface area contributed by atoms with Gasteiger partial charge < -0.3 is 4.90 Å². The minimum absolute atomic E-state index is 0.176. The van der Waals surface area contributed by atoms with Gasteiger partial charge in [-0.15, -0.1) is 0 Å². The highest BCUT2D eigenvalue weighted by atomic mass is 79.9. The summed E-state index contributed by atoms with van der Waals surface area (Å²) in [5, 5.41) is 4.35. The number of halogens is 4. The molecule has 3 aromatic rings. The maximum Gasteiger partial charge on any atom is 0.406 e. The Hall–Kier alpha value is -2.42. The van der Waals surface area contributed by atoms with Crippen LogP contribution in [0.5, 0.6) is 0 Å². The summed E-state index contributed by atoms with van der Waals surface area (Å²) in [6.07, 6.45) is -0.606. The molecule has 3 aliphatic rings. The van der Waals surface area contributed by atoms with Gasteiger partial charge >= 0.3 is 6.18 Å². The normalized spacial score (nSPS) is 24.0. The lowest BCUT2D eigenvalue weighted by Crippen LogP contribution is -2.39. The summed E-state index contributed by atoms with van der Waals surface area (Å²) in [5.74, 6) is -0.0287. The lowest BCUT2D eigenvalue weighted by atomic mass is 9.95. The molecule has 2 atom stereocenters. The van der Waals surface area contributed by atoms with Crippen LogP contribution in [0.2, 0.25) is 0 Å². The molecule has 1 spiro atoms. The Morgan fingerprint density at radius 1 is 1.17 bits per heavy atom. The molecule has 0 saturated heterocycles. The molecule has 2 aliphatic carbocycles. The van der Waals surface area contributed by atoms with E-state index in [0.29, 0.717) is 18.5 Å². The first-order valence-electron chi connectivity index (χ1n) is 9.80. The number of carbonyl (C=O) groups is 1. The summed E-state index contributed by atoms with van der Waals surface area (Å²) in [5.41, 5.74) is 3.18. The predicted octanol–water partition coefficient (Wildman–Crippen LogP) is 4.70. The smallest absolute Gasteiger partial charge is 0.302 e. The molecule has 1 aliphatic heterocycles. The van der Waals surface area contributed by atoms with E-state index in [0.717, 1.165) is 38.4 Å². The van der Waals surface area contributed by atoms with Crippen molar-refractivity contribution in [2.24, 2.45) is 0 Å². The van der Waals surface area contributed by atoms with Crippen LogP contribution in [0.3, 0.4) is 0 Å². The van der Waals surface area contributed by atoms with Crippen LogP contribution >= 0.6 is 15.9 Å². The summed E-state index contributed by atoms with van der Waals surface area (Å²) in [6, 6.07) is 9.42. The molecule has 6 rings (SSSR count). The Morgan fingerprint density at radius 3 is 2.70 bits per heavy atom. The van der Waals surface area contributed by atoms with E-state index in [1.54, 1.807) is 12.3 Å². The van der Waals surface area contributed by atoms with Crippen molar-refractivity contribution < 1.29 is 18.0 Å². The fourth-order valence-corrected chi connectivity index (χ4v) is 5.31. The molecule has 1 amide bonds. The number of rotatable bonds is 3. The molecule has 30 heavy (non-hydrogen) atoms. The highest BCUT2D eigenvalue weighted by Crippen LogP contribution is 2.60. The third kappa shape index (κ3) is 2.64. The number of nitrogens with zero attached hydrogens (tertiary/aromatic N) is 4. The van der Waals surface area contributed by atoms with Gasteiger partial charge in [-0.1, -0.05) is 12.1 Å². The molecule has 1 aromatic carbocycles. The molecule has 0 unspecified atom stereocenters. The monoisotopic (exact) mass is 476 g/mol. The first kappa shape index (κ1) is 18.4. The maximum atomic E-state index is 13.1. The molecule has 2 saturated carbocycles. The Labute approximate surface area is 178 Å². The third-order valence-electron chi connectivity index (χ3n) is 6.52. The number of benzene rings is 1. The number of hydrogen-bond acceptors (Lipinski definition) is 3. The van der Waals surface area contributed by atoms with E-state index >= 15 is 0 Å². The van der Waals surface area contributed by atoms with Crippen molar-refractivity contribution in [3.8, 4) is 0 Å². The average molecular weight is 477 g/mol. The average Bonchev–Trinajstić information content (AvgIpc) is 3.59. The van der Waals surface area contributed by atoms with Crippen molar-refractivity contribution in [1.82, 2.24) is 14.6 Å². The van der Waals surface area contributed by atoms with Gasteiger partial charge in [-0.2, -0.15) is 18.3 Å². The van der Waals surface area contributed by atoms with Crippen molar-refractivity contribution in [2.45, 2.75) is 42.7 Å². The number of alkyl halides is 3. The summed E-state index contributed by atoms with van der Waals surface area (Å²) in [6.45, 7) is -1.23. The van der Waals surface area contributed by atoms with Gasteiger partial charge in [0.05, 0.1) is 17.3 Å². The fraction of sp³-hybridized carbons (Fsp3) is 0.381. The zero-order valence-corrected chi connectivity index (χ0v) is 17.2. The Kier molecular flexibility index (Phi) is 3.57. The van der Waals surface area contributed by atoms with E-state index in [9.17, 15) is 18.0 Å². The Morgan fingerprint density at radius 2 is 1.97 bits per heavy atom. The number of amides is 1. The number of aromatic nitrogens is 3. The molecular weight excluding hydrogens is 461 g/mol. The molecule has 0 radical (unpaired) electrons. The molecule has 0 N–H and O–H groups in total. The predicted molar refractivity (Wildman–Crippen MR) is 107 cm³/mol. The topological polar surface area (TPSA) is 50.5 Å². The van der Waals surface area contributed by atoms with Gasteiger partial charge in [0, 0.05) is 17.7 Å². The van der Waals surface area contributed by atoms with E-state index in [1.807, 2.05) is 28.8 Å². The Bertz CT molecular complexity index is 1220. The van der Waals surface area contributed by atoms with Crippen molar-refractivity contribution in [1.29, 1.82) is 0 Å². The van der Waals surface area contributed by atoms with Crippen LogP contribution in [0.25, 0.3) is 5.65 Å². The van der Waals surface area contributed by atoms with E-state index in [1.165, 1.54) is 0 Å². The van der Waals surface area contributed by atoms with Crippen molar-refractivity contribution in [3.63, 3.8) is 0 Å². The van der Waals surface area contributed by atoms with Crippen molar-refractivity contribution in [2.75, 3.05) is 11.4 Å². The minimum Gasteiger partial charge on any atom is -0.302 e. The largest absolute Gasteiger partial charge is 0.406 e. The molecule has 5 nitrogen and oxygen atoms in total. The minimum atomic E-state index is -4.43. The maximum absolute atomic E-state index is 13.1. The first-order chi connectivity index (χ1) is 14.3. The van der Waals surface area contributed by atoms with Crippen LogP contribution in [-0.4, -0.2) is 33.2 Å². The van der Waals surface area contributed by atoms with Crippen LogP contribution in [0.4, 0.5) is 18.9 Å². The van der Waals surface area contributed by atoms with Crippen LogP contribution in [0.1, 0.15) is 47.9 Å². The molecule has 9 heteroatoms. The van der Waals surface area contributed by atoms with Gasteiger partial charge in [0.25, 0.3) is 0 Å². The van der Waals surface area contributed by atoms with Crippen molar-refractivity contribution >= 4 is 33.2 Å². The summed E-state index contributed by atoms with van der Waals surface area (Å²) in [7, 11) is 0. The van der Waals surface area contributed by atoms with Crippen molar-refractivity contribution in [3.05, 3.63) is 58.0 Å². The molecule has 3 heterocycles. The van der Waals surface area contributed by atoms with E-state index in [-0.39, 0.29) is 11.8 Å². The molecule has 154 valence electrons. The number of fused-ring (bicyclic) bond motifs is 3. The second-order valence-electron chi connectivity index (χ2n) is 8.42. The van der Waals surface area contributed by atoms with E-state index < -0.39 is 24.0 Å². The van der Waals surface area contributed by atoms with Crippen LogP contribution in [0, 0.1) is 0 Å². The summed E-state index contributed by atoms with van der Waals surface area (Å²) < 4.78 is 42.0. The molecule has 0 bridgehead atoms. The quantitative estimate of drug-likeness (QED) is 0.514. The van der Waals surface area contributed by atoms with Gasteiger partial charge in [-0.3, -0.25) is 4.79 Å². The highest BCUT2D eigenvalue weighted by molar-refractivity contribution is 9.10. The van der Waals surface area contributed by atoms with Gasteiger partial charge in [0.2, 0.25) is 5.91 Å². The lowest BCUT2D eigenvalue weighted by molar-refractivity contribution is -0.132. The van der Waals surface area contributed by atoms with Gasteiger partial charge in [0.15, 0.2) is 5.65 Å². The molecule has 2 fully saturated rings. The first-order valence-corrected chi connectivity index (χ1v) is 10.6. The second-order valence-corrected chi connectivity index (χ2v) is 9.23. The lowest BCUT2D eigenvalue weighted by Gasteiger charge is -2.20. The number of anilines is 1. The molecular formula is C21H16BrF3N4O. The standard InChI is InChI=1S/C21H16BrF3N4O/c22-17-9-15(29-18(27-17)3-6-26-29)13-8-12(13)11-1-2-14-16(7-11)28(10-21(23,24)25)19(30)20(14)4-5-20/h1-3,6-7,9,12-13H,4-5,8,10H2/t12-,13+/m1/s1. The van der Waals surface area contributed by atoms with Gasteiger partial charge in [0.1, 0.15) is 11.1 Å². The zero-order valence-electron chi connectivity index (χ0n) is 15.7. The van der Waals surface area contributed by atoms with Gasteiger partial charge in [-0.05, 0) is 64.4 Å². The Balaban J connectivity index is 1.36.